The molecule has 0 spiro atoms. The molecule has 0 radical (unpaired) electrons. The average molecular weight is 213 g/mol. The Labute approximate surface area is 90.6 Å². The van der Waals surface area contributed by atoms with E-state index in [1.54, 1.807) is 6.08 Å². The average Bonchev–Trinajstić information content (AvgIpc) is 2.24. The minimum absolute atomic E-state index is 0.171. The largest absolute Gasteiger partial charge is 0.469 e. The summed E-state index contributed by atoms with van der Waals surface area (Å²) in [5.41, 5.74) is 0.707. The van der Waals surface area contributed by atoms with E-state index in [1.165, 1.54) is 7.11 Å². The highest BCUT2D eigenvalue weighted by Gasteiger charge is 2.10. The quantitative estimate of drug-likeness (QED) is 0.232. The third-order valence-electron chi connectivity index (χ3n) is 2.26. The van der Waals surface area contributed by atoms with Crippen molar-refractivity contribution >= 4 is 11.7 Å². The van der Waals surface area contributed by atoms with Crippen molar-refractivity contribution < 1.29 is 14.7 Å². The molecule has 86 valence electrons. The highest BCUT2D eigenvalue weighted by Crippen LogP contribution is 2.11. The van der Waals surface area contributed by atoms with Crippen LogP contribution in [0.15, 0.2) is 17.8 Å². The van der Waals surface area contributed by atoms with Crippen molar-refractivity contribution in [2.24, 2.45) is 11.1 Å². The molecule has 4 nitrogen and oxygen atoms in total. The fraction of sp³-hybridized carbons (Fsp3) is 0.636. The monoisotopic (exact) mass is 213 g/mol. The fourth-order valence-electron chi connectivity index (χ4n) is 1.30. The lowest BCUT2D eigenvalue weighted by Crippen LogP contribution is -2.11. The Morgan fingerprint density at radius 2 is 2.27 bits per heavy atom. The summed E-state index contributed by atoms with van der Waals surface area (Å²) >= 11 is 0. The minimum atomic E-state index is -0.233. The zero-order valence-electron chi connectivity index (χ0n) is 9.40. The van der Waals surface area contributed by atoms with Crippen LogP contribution >= 0.6 is 0 Å². The van der Waals surface area contributed by atoms with Crippen LogP contribution in [0.4, 0.5) is 0 Å². The molecule has 1 atom stereocenters. The Balaban J connectivity index is 3.91. The van der Waals surface area contributed by atoms with Gasteiger partial charge in [0.15, 0.2) is 0 Å². The molecule has 0 fully saturated rings. The highest BCUT2D eigenvalue weighted by atomic mass is 16.5. The lowest BCUT2D eigenvalue weighted by Gasteiger charge is -2.10. The van der Waals surface area contributed by atoms with Crippen LogP contribution in [0.2, 0.25) is 0 Å². The van der Waals surface area contributed by atoms with Gasteiger partial charge in [0.2, 0.25) is 0 Å². The van der Waals surface area contributed by atoms with Crippen LogP contribution in [0.25, 0.3) is 0 Å². The van der Waals surface area contributed by atoms with Crippen LogP contribution in [0.5, 0.6) is 0 Å². The summed E-state index contributed by atoms with van der Waals surface area (Å²) in [4.78, 5) is 10.8. The molecule has 1 N–H and O–H groups in total. The molecule has 0 rings (SSSR count). The number of hydrogen-bond acceptors (Lipinski definition) is 4. The van der Waals surface area contributed by atoms with Crippen molar-refractivity contribution in [3.05, 3.63) is 12.7 Å². The smallest absolute Gasteiger partial charge is 0.305 e. The number of methoxy groups -OCH3 is 1. The van der Waals surface area contributed by atoms with Gasteiger partial charge in [-0.05, 0) is 19.3 Å². The number of carbonyl (C=O) groups is 1. The van der Waals surface area contributed by atoms with Crippen molar-refractivity contribution in [2.45, 2.75) is 32.6 Å². The van der Waals surface area contributed by atoms with E-state index in [9.17, 15) is 4.79 Å². The standard InChI is InChI=1S/C11H19NO3/c1-4-6-9(2)10(12-14)7-5-8-11(13)15-3/h4,9,14H,1,5-8H2,2-3H3/b12-10-. The molecule has 0 bridgehead atoms. The van der Waals surface area contributed by atoms with Gasteiger partial charge in [-0.25, -0.2) is 0 Å². The summed E-state index contributed by atoms with van der Waals surface area (Å²) in [5.74, 6) is -0.0613. The number of carbonyl (C=O) groups excluding carboxylic acids is 1. The second-order valence-corrected chi connectivity index (χ2v) is 3.45. The Kier molecular flexibility index (Phi) is 7.32. The maximum absolute atomic E-state index is 10.8. The molecule has 4 heteroatoms. The van der Waals surface area contributed by atoms with Gasteiger partial charge in [-0.15, -0.1) is 6.58 Å². The molecule has 0 saturated carbocycles. The zero-order valence-corrected chi connectivity index (χ0v) is 9.40. The molecule has 1 unspecified atom stereocenters. The van der Waals surface area contributed by atoms with E-state index in [-0.39, 0.29) is 11.9 Å². The van der Waals surface area contributed by atoms with E-state index in [0.717, 1.165) is 6.42 Å². The van der Waals surface area contributed by atoms with E-state index in [1.807, 2.05) is 6.92 Å². The van der Waals surface area contributed by atoms with E-state index in [0.29, 0.717) is 25.0 Å². The second-order valence-electron chi connectivity index (χ2n) is 3.45. The molecule has 0 aromatic heterocycles. The van der Waals surface area contributed by atoms with Crippen molar-refractivity contribution in [1.29, 1.82) is 0 Å². The first-order valence-corrected chi connectivity index (χ1v) is 5.04. The van der Waals surface area contributed by atoms with Crippen LogP contribution in [-0.4, -0.2) is 24.0 Å². The summed E-state index contributed by atoms with van der Waals surface area (Å²) in [6, 6.07) is 0. The molecule has 15 heavy (non-hydrogen) atoms. The third-order valence-corrected chi connectivity index (χ3v) is 2.26. The molecule has 0 aliphatic rings. The molecular weight excluding hydrogens is 194 g/mol. The van der Waals surface area contributed by atoms with E-state index >= 15 is 0 Å². The van der Waals surface area contributed by atoms with Crippen molar-refractivity contribution in [2.75, 3.05) is 7.11 Å². The first-order valence-electron chi connectivity index (χ1n) is 5.04. The summed E-state index contributed by atoms with van der Waals surface area (Å²) in [6.07, 6.45) is 4.18. The first-order chi connectivity index (χ1) is 7.15. The Morgan fingerprint density at radius 1 is 1.60 bits per heavy atom. The van der Waals surface area contributed by atoms with Gasteiger partial charge in [0.05, 0.1) is 12.8 Å². The van der Waals surface area contributed by atoms with Crippen LogP contribution in [0.1, 0.15) is 32.6 Å². The van der Waals surface area contributed by atoms with E-state index in [4.69, 9.17) is 5.21 Å². The zero-order chi connectivity index (χ0) is 11.7. The number of esters is 1. The van der Waals surface area contributed by atoms with Crippen LogP contribution < -0.4 is 0 Å². The molecule has 0 aliphatic heterocycles. The predicted octanol–water partition coefficient (Wildman–Crippen LogP) is 2.37. The molecule has 0 aromatic rings. The lowest BCUT2D eigenvalue weighted by atomic mass is 9.97. The Bertz CT molecular complexity index is 236. The first kappa shape index (κ1) is 13.7. The van der Waals surface area contributed by atoms with Crippen LogP contribution in [0, 0.1) is 5.92 Å². The lowest BCUT2D eigenvalue weighted by molar-refractivity contribution is -0.140. The normalized spacial score (nSPS) is 13.3. The molecule has 0 heterocycles. The van der Waals surface area contributed by atoms with E-state index < -0.39 is 0 Å². The molecular formula is C11H19NO3. The summed E-state index contributed by atoms with van der Waals surface area (Å²) in [6.45, 7) is 5.60. The predicted molar refractivity (Wildman–Crippen MR) is 59.1 cm³/mol. The van der Waals surface area contributed by atoms with Crippen molar-refractivity contribution in [3.63, 3.8) is 0 Å². The van der Waals surface area contributed by atoms with Gasteiger partial charge < -0.3 is 9.94 Å². The number of rotatable bonds is 7. The van der Waals surface area contributed by atoms with Gasteiger partial charge in [-0.2, -0.15) is 0 Å². The van der Waals surface area contributed by atoms with Crippen LogP contribution in [-0.2, 0) is 9.53 Å². The van der Waals surface area contributed by atoms with Gasteiger partial charge in [0, 0.05) is 12.3 Å². The summed E-state index contributed by atoms with van der Waals surface area (Å²) in [7, 11) is 1.36. The molecule has 0 aromatic carbocycles. The number of hydrogen-bond donors (Lipinski definition) is 1. The topological polar surface area (TPSA) is 58.9 Å². The SMILES string of the molecule is C=CCC(C)/C(CCCC(=O)OC)=N\O. The van der Waals surface area contributed by atoms with E-state index in [2.05, 4.69) is 16.5 Å². The maximum atomic E-state index is 10.8. The van der Waals surface area contributed by atoms with Gasteiger partial charge in [-0.3, -0.25) is 4.79 Å². The maximum Gasteiger partial charge on any atom is 0.305 e. The van der Waals surface area contributed by atoms with Crippen molar-refractivity contribution in [1.82, 2.24) is 0 Å². The second kappa shape index (κ2) is 8.03. The number of nitrogens with zero attached hydrogens (tertiary/aromatic N) is 1. The van der Waals surface area contributed by atoms with Gasteiger partial charge >= 0.3 is 5.97 Å². The van der Waals surface area contributed by atoms with Gasteiger partial charge in [-0.1, -0.05) is 18.2 Å². The Hall–Kier alpha value is -1.32. The summed E-state index contributed by atoms with van der Waals surface area (Å²) < 4.78 is 4.52. The Morgan fingerprint density at radius 3 is 2.73 bits per heavy atom. The molecule has 0 amide bonds. The minimum Gasteiger partial charge on any atom is -0.469 e. The third kappa shape index (κ3) is 5.88. The number of ether oxygens (including phenoxy) is 1. The summed E-state index contributed by atoms with van der Waals surface area (Å²) in [5, 5.41) is 12.0. The highest BCUT2D eigenvalue weighted by molar-refractivity contribution is 5.86. The fourth-order valence-corrected chi connectivity index (χ4v) is 1.30. The van der Waals surface area contributed by atoms with Crippen LogP contribution in [0.3, 0.4) is 0 Å². The molecule has 0 saturated heterocycles. The van der Waals surface area contributed by atoms with Crippen molar-refractivity contribution in [3.8, 4) is 0 Å². The van der Waals surface area contributed by atoms with Gasteiger partial charge in [0.25, 0.3) is 0 Å². The number of oxime groups is 1. The van der Waals surface area contributed by atoms with Gasteiger partial charge in [0.1, 0.15) is 0 Å². The number of allylic oxidation sites excluding steroid dienone is 1. The molecule has 0 aliphatic carbocycles.